The average Bonchev–Trinajstić information content (AvgIpc) is 3.40. The molecule has 0 saturated heterocycles. The summed E-state index contributed by atoms with van der Waals surface area (Å²) in [6.45, 7) is 6.30. The van der Waals surface area contributed by atoms with E-state index in [1.807, 2.05) is 37.3 Å². The van der Waals surface area contributed by atoms with Gasteiger partial charge < -0.3 is 25.0 Å². The topological polar surface area (TPSA) is 88.6 Å². The van der Waals surface area contributed by atoms with Crippen molar-refractivity contribution in [1.29, 1.82) is 0 Å². The van der Waals surface area contributed by atoms with Gasteiger partial charge in [0, 0.05) is 25.3 Å². The lowest BCUT2D eigenvalue weighted by Gasteiger charge is -2.20. The molecule has 2 heterocycles. The van der Waals surface area contributed by atoms with E-state index in [1.54, 1.807) is 31.1 Å². The number of nitrogens with zero attached hydrogens (tertiary/aromatic N) is 3. The number of benzene rings is 2. The van der Waals surface area contributed by atoms with Crippen molar-refractivity contribution in [3.05, 3.63) is 65.7 Å². The van der Waals surface area contributed by atoms with Crippen molar-refractivity contribution in [3.63, 3.8) is 0 Å². The quantitative estimate of drug-likeness (QED) is 0.528. The second-order valence-electron chi connectivity index (χ2n) is 7.40. The number of rotatable bonds is 7. The smallest absolute Gasteiger partial charge is 0.253 e. The molecule has 0 saturated carbocycles. The van der Waals surface area contributed by atoms with Crippen LogP contribution in [0, 0.1) is 0 Å². The summed E-state index contributed by atoms with van der Waals surface area (Å²) in [7, 11) is 3.45. The Morgan fingerprint density at radius 3 is 2.68 bits per heavy atom. The Labute approximate surface area is 184 Å². The van der Waals surface area contributed by atoms with Crippen LogP contribution < -0.4 is 20.1 Å². The fourth-order valence-corrected chi connectivity index (χ4v) is 3.69. The summed E-state index contributed by atoms with van der Waals surface area (Å²) >= 11 is 1.10. The van der Waals surface area contributed by atoms with Crippen molar-refractivity contribution < 1.29 is 14.3 Å². The van der Waals surface area contributed by atoms with Crippen LogP contribution in [0.25, 0.3) is 0 Å². The molecule has 9 heteroatoms. The first kappa shape index (κ1) is 20.7. The second kappa shape index (κ2) is 8.65. The highest BCUT2D eigenvalue weighted by Gasteiger charge is 2.21. The van der Waals surface area contributed by atoms with Gasteiger partial charge in [-0.25, -0.2) is 0 Å². The van der Waals surface area contributed by atoms with E-state index in [4.69, 9.17) is 9.47 Å². The molecule has 2 N–H and O–H groups in total. The summed E-state index contributed by atoms with van der Waals surface area (Å²) in [5, 5.41) is 6.67. The van der Waals surface area contributed by atoms with Gasteiger partial charge in [-0.15, -0.1) is 0 Å². The second-order valence-corrected chi connectivity index (χ2v) is 7.93. The van der Waals surface area contributed by atoms with Gasteiger partial charge in [-0.3, -0.25) is 4.79 Å². The van der Waals surface area contributed by atoms with Gasteiger partial charge in [0.2, 0.25) is 6.79 Å². The minimum atomic E-state index is -0.194. The number of aromatic nitrogens is 2. The first-order chi connectivity index (χ1) is 14.9. The molecule has 0 spiro atoms. The summed E-state index contributed by atoms with van der Waals surface area (Å²) in [4.78, 5) is 13.8. The molecule has 0 radical (unpaired) electrons. The Hall–Kier alpha value is -3.59. The van der Waals surface area contributed by atoms with E-state index in [0.717, 1.165) is 34.3 Å². The lowest BCUT2D eigenvalue weighted by Crippen LogP contribution is -2.21. The molecule has 31 heavy (non-hydrogen) atoms. The van der Waals surface area contributed by atoms with Crippen molar-refractivity contribution >= 4 is 35.0 Å². The number of hydrogen-bond donors (Lipinski definition) is 2. The van der Waals surface area contributed by atoms with Gasteiger partial charge in [-0.05, 0) is 42.8 Å². The van der Waals surface area contributed by atoms with Gasteiger partial charge in [0.05, 0.1) is 17.8 Å². The van der Waals surface area contributed by atoms with Gasteiger partial charge in [-0.2, -0.15) is 8.75 Å². The number of ether oxygens (including phenoxy) is 2. The standard InChI is InChI=1S/C22H23N5O3S/c1-13(2)19(14-8-9-17-18(11-14)30-12-29-17)24-21-20(25-31-26-21)23-16-7-5-6-15(10-16)22(28)27(3)4/h5-11,19H,1,12H2,2-4H3,(H,23,25)(H,24,26). The first-order valence-corrected chi connectivity index (χ1v) is 10.4. The molecule has 4 rings (SSSR count). The number of nitrogens with one attached hydrogen (secondary N) is 2. The van der Waals surface area contributed by atoms with Crippen LogP contribution in [0.15, 0.2) is 54.6 Å². The lowest BCUT2D eigenvalue weighted by atomic mass is 10.0. The number of carbonyl (C=O) groups is 1. The maximum absolute atomic E-state index is 12.3. The molecule has 1 aliphatic rings. The lowest BCUT2D eigenvalue weighted by molar-refractivity contribution is 0.0827. The predicted molar refractivity (Wildman–Crippen MR) is 121 cm³/mol. The molecule has 1 atom stereocenters. The van der Waals surface area contributed by atoms with Crippen LogP contribution in [0.3, 0.4) is 0 Å². The van der Waals surface area contributed by atoms with Crippen LogP contribution in [-0.4, -0.2) is 40.4 Å². The fraction of sp³-hybridized carbons (Fsp3) is 0.227. The molecule has 3 aromatic rings. The number of anilines is 3. The minimum Gasteiger partial charge on any atom is -0.454 e. The van der Waals surface area contributed by atoms with E-state index in [-0.39, 0.29) is 18.7 Å². The third-order valence-corrected chi connectivity index (χ3v) is 5.30. The van der Waals surface area contributed by atoms with Gasteiger partial charge in [0.15, 0.2) is 23.1 Å². The third kappa shape index (κ3) is 4.46. The maximum Gasteiger partial charge on any atom is 0.253 e. The monoisotopic (exact) mass is 437 g/mol. The fourth-order valence-electron chi connectivity index (χ4n) is 3.21. The molecule has 0 fully saturated rings. The summed E-state index contributed by atoms with van der Waals surface area (Å²) in [6.07, 6.45) is 0. The molecule has 2 aromatic carbocycles. The van der Waals surface area contributed by atoms with E-state index >= 15 is 0 Å². The molecule has 1 unspecified atom stereocenters. The summed E-state index contributed by atoms with van der Waals surface area (Å²) < 4.78 is 19.7. The van der Waals surface area contributed by atoms with Crippen LogP contribution >= 0.6 is 11.7 Å². The molecular weight excluding hydrogens is 414 g/mol. The van der Waals surface area contributed by atoms with Crippen molar-refractivity contribution in [1.82, 2.24) is 13.6 Å². The van der Waals surface area contributed by atoms with Gasteiger partial charge in [0.1, 0.15) is 0 Å². The molecule has 0 bridgehead atoms. The normalized spacial score (nSPS) is 12.9. The van der Waals surface area contributed by atoms with Crippen molar-refractivity contribution in [2.24, 2.45) is 0 Å². The Kier molecular flexibility index (Phi) is 5.77. The van der Waals surface area contributed by atoms with Crippen molar-refractivity contribution in [2.75, 3.05) is 31.5 Å². The first-order valence-electron chi connectivity index (χ1n) is 9.65. The molecule has 8 nitrogen and oxygen atoms in total. The summed E-state index contributed by atoms with van der Waals surface area (Å²) in [6, 6.07) is 12.9. The van der Waals surface area contributed by atoms with E-state index in [2.05, 4.69) is 26.0 Å². The minimum absolute atomic E-state index is 0.0662. The third-order valence-electron chi connectivity index (χ3n) is 4.77. The SMILES string of the molecule is C=C(C)C(Nc1nsnc1Nc1cccc(C(=O)N(C)C)c1)c1ccc2c(c1)OCO2. The van der Waals surface area contributed by atoms with Crippen LogP contribution in [0.4, 0.5) is 17.3 Å². The van der Waals surface area contributed by atoms with Crippen LogP contribution in [0.5, 0.6) is 11.5 Å². The molecule has 1 aromatic heterocycles. The molecule has 0 aliphatic carbocycles. The van der Waals surface area contributed by atoms with Gasteiger partial charge in [-0.1, -0.05) is 24.3 Å². The largest absolute Gasteiger partial charge is 0.454 e. The summed E-state index contributed by atoms with van der Waals surface area (Å²) in [5.74, 6) is 2.55. The van der Waals surface area contributed by atoms with Crippen LogP contribution in [0.2, 0.25) is 0 Å². The maximum atomic E-state index is 12.3. The summed E-state index contributed by atoms with van der Waals surface area (Å²) in [5.41, 5.74) is 3.23. The van der Waals surface area contributed by atoms with Crippen molar-refractivity contribution in [3.8, 4) is 11.5 Å². The Morgan fingerprint density at radius 1 is 1.13 bits per heavy atom. The highest BCUT2D eigenvalue weighted by molar-refractivity contribution is 6.99. The van der Waals surface area contributed by atoms with E-state index in [9.17, 15) is 4.79 Å². The molecule has 1 aliphatic heterocycles. The van der Waals surface area contributed by atoms with Crippen LogP contribution in [0.1, 0.15) is 28.9 Å². The predicted octanol–water partition coefficient (Wildman–Crippen LogP) is 4.44. The Morgan fingerprint density at radius 2 is 1.90 bits per heavy atom. The van der Waals surface area contributed by atoms with Crippen LogP contribution in [-0.2, 0) is 0 Å². The molecular formula is C22H23N5O3S. The Balaban J connectivity index is 1.56. The van der Waals surface area contributed by atoms with E-state index < -0.39 is 0 Å². The zero-order valence-electron chi connectivity index (χ0n) is 17.5. The van der Waals surface area contributed by atoms with Gasteiger partial charge >= 0.3 is 0 Å². The highest BCUT2D eigenvalue weighted by Crippen LogP contribution is 2.37. The number of hydrogen-bond acceptors (Lipinski definition) is 8. The zero-order chi connectivity index (χ0) is 22.0. The molecule has 1 amide bonds. The number of carbonyl (C=O) groups excluding carboxylic acids is 1. The van der Waals surface area contributed by atoms with E-state index in [0.29, 0.717) is 22.9 Å². The Bertz CT molecular complexity index is 1130. The average molecular weight is 438 g/mol. The number of fused-ring (bicyclic) bond motifs is 1. The van der Waals surface area contributed by atoms with Crippen molar-refractivity contribution in [2.45, 2.75) is 13.0 Å². The zero-order valence-corrected chi connectivity index (χ0v) is 18.3. The number of amides is 1. The highest BCUT2D eigenvalue weighted by atomic mass is 32.1. The van der Waals surface area contributed by atoms with E-state index in [1.165, 1.54) is 0 Å². The molecule has 160 valence electrons. The van der Waals surface area contributed by atoms with Gasteiger partial charge in [0.25, 0.3) is 5.91 Å².